The van der Waals surface area contributed by atoms with E-state index < -0.39 is 184 Å². The van der Waals surface area contributed by atoms with Gasteiger partial charge in [0.15, 0.2) is 37.7 Å². The zero-order chi connectivity index (χ0) is 66.3. The molecule has 0 amide bonds. The van der Waals surface area contributed by atoms with Crippen molar-refractivity contribution in [1.29, 1.82) is 0 Å². The van der Waals surface area contributed by atoms with E-state index in [9.17, 15) is 40.9 Å². The maximum Gasteiger partial charge on any atom is 0.187 e. The summed E-state index contributed by atoms with van der Waals surface area (Å²) in [7, 11) is 0. The molecule has 536 valence electrons. The molecule has 6 aliphatic rings. The third kappa shape index (κ3) is 22.0. The summed E-state index contributed by atoms with van der Waals surface area (Å²) < 4.78 is 73.1. The second-order valence-electron chi connectivity index (χ2n) is 26.8. The van der Waals surface area contributed by atoms with Crippen molar-refractivity contribution in [1.82, 2.24) is 31.9 Å². The highest BCUT2D eigenvalue weighted by molar-refractivity contribution is 5.03. The van der Waals surface area contributed by atoms with Crippen LogP contribution in [0.15, 0.2) is 0 Å². The molecule has 0 saturated carbocycles. The lowest BCUT2D eigenvalue weighted by molar-refractivity contribution is -0.394. The van der Waals surface area contributed by atoms with Crippen molar-refractivity contribution in [3.63, 3.8) is 0 Å². The van der Waals surface area contributed by atoms with Crippen molar-refractivity contribution in [2.24, 2.45) is 0 Å². The number of ether oxygens (including phenoxy) is 11. The Kier molecular flexibility index (Phi) is 35.4. The van der Waals surface area contributed by atoms with Gasteiger partial charge in [0, 0.05) is 0 Å². The highest BCUT2D eigenvalue weighted by Crippen LogP contribution is 2.38. The summed E-state index contributed by atoms with van der Waals surface area (Å²) in [5.41, 5.74) is 0. The molecule has 14 N–H and O–H groups in total. The first-order chi connectivity index (χ1) is 43.8. The first kappa shape index (κ1) is 79.0. The molecule has 30 atom stereocenters. The fourth-order valence-electron chi connectivity index (χ4n) is 13.8. The summed E-state index contributed by atoms with van der Waals surface area (Å²) in [5, 5.41) is 118. The first-order valence-electron chi connectivity index (χ1n) is 35.8. The van der Waals surface area contributed by atoms with E-state index in [2.05, 4.69) is 73.4 Å². The minimum atomic E-state index is -1.65. The molecule has 6 heterocycles. The Hall–Kier alpha value is -1.00. The molecule has 0 bridgehead atoms. The number of aliphatic hydroxyl groups excluding tert-OH is 8. The molecule has 0 radical (unpaired) electrons. The molecular formula is C66H128N6O19. The normalized spacial score (nSPS) is 42.5. The molecule has 0 aliphatic carbocycles. The third-order valence-corrected chi connectivity index (χ3v) is 19.4. The first-order valence-corrected chi connectivity index (χ1v) is 35.8. The smallest absolute Gasteiger partial charge is 0.187 e. The number of unbranched alkanes of at least 4 members (excludes halogenated alkanes) is 12. The standard InChI is InChI=1S/C66H128N6O19/c1-13-19-25-31-67-43-38(8)82-62(54(78)49(43)73)89-58-51(75)45(69-33-27-21-15-3)39(9)84-64(58)87-56-48(72-36-30-24-18-6)42(12)83-63(55(56)79)90-59-52(76)46(70-34-28-22-16-4)41(11)86-66(59)91-60-53(77)47(71-35-29-23-17-5)40(10)85-65(60)88-57-50(74)44(37(7)81-61(57)80)68-32-26-20-14-2/h37-80H,13-36H2,1-12H3/t37-,38-,39-,40-,41-,42-,43-,44-,45-,46-,47-,48-,49+,50+,51+,52+,53+,54+,55+,56+,57+,58+,59+,60+,61+,62-,63-,64-,65-,66-/m1/s1. The molecule has 0 aromatic heterocycles. The molecule has 6 rings (SSSR count). The summed E-state index contributed by atoms with van der Waals surface area (Å²) >= 11 is 0. The summed E-state index contributed by atoms with van der Waals surface area (Å²) in [5.74, 6) is 0. The SMILES string of the molecule is CCCCCN[C@H]1[C@H](O)[C@H](O)[C@@H](O[C@@H]2[C@@H](O[C@@H]3[C@H](O)[C@@H](O[C@@H]4[C@@H](O[C@@H]5[C@@H](O[C@H]6[C@@H](O)[C@H](NCCCCC)[C@@H](C)O[C@@H]6O)O[C@H](C)[C@@H](NCCCCC)[C@@H]5O)O[C@H](C)[C@@H](NCCCCC)[C@@H]4O)O[C@H](C)[C@H]3NCCCCC)O[C@H](C)[C@@H](NCCCCC)[C@@H]2O)O[C@@H]1C. The molecule has 6 fully saturated rings. The van der Waals surface area contributed by atoms with Crippen molar-refractivity contribution in [2.45, 2.75) is 383 Å². The van der Waals surface area contributed by atoms with Crippen LogP contribution in [-0.4, -0.2) is 264 Å². The maximum atomic E-state index is 13.0. The number of aliphatic hydroxyl groups is 8. The number of hydrogen-bond acceptors (Lipinski definition) is 25. The minimum absolute atomic E-state index is 0.525. The quantitative estimate of drug-likeness (QED) is 0.0392. The summed E-state index contributed by atoms with van der Waals surface area (Å²) in [4.78, 5) is 0. The number of nitrogens with one attached hydrogen (secondary N) is 6. The van der Waals surface area contributed by atoms with Crippen LogP contribution >= 0.6 is 0 Å². The molecule has 25 heteroatoms. The molecule has 0 spiro atoms. The lowest BCUT2D eigenvalue weighted by Gasteiger charge is -2.52. The highest BCUT2D eigenvalue weighted by Gasteiger charge is 2.57. The lowest BCUT2D eigenvalue weighted by atomic mass is 9.93. The summed E-state index contributed by atoms with van der Waals surface area (Å²) in [6, 6.07) is -4.04. The maximum absolute atomic E-state index is 13.0. The van der Waals surface area contributed by atoms with Gasteiger partial charge in [-0.1, -0.05) is 119 Å². The third-order valence-electron chi connectivity index (χ3n) is 19.4. The molecule has 6 saturated heterocycles. The van der Waals surface area contributed by atoms with Crippen molar-refractivity contribution in [3.05, 3.63) is 0 Å². The van der Waals surface area contributed by atoms with E-state index in [4.69, 9.17) is 52.1 Å². The van der Waals surface area contributed by atoms with Crippen molar-refractivity contribution < 1.29 is 93.0 Å². The predicted octanol–water partition coefficient (Wildman–Crippen LogP) is 2.79. The zero-order valence-corrected chi connectivity index (χ0v) is 57.4. The zero-order valence-electron chi connectivity index (χ0n) is 57.4. The largest absolute Gasteiger partial charge is 0.388 e. The van der Waals surface area contributed by atoms with Crippen LogP contribution in [0.4, 0.5) is 0 Å². The van der Waals surface area contributed by atoms with Crippen molar-refractivity contribution in [2.75, 3.05) is 39.3 Å². The van der Waals surface area contributed by atoms with E-state index in [1.54, 1.807) is 27.7 Å². The van der Waals surface area contributed by atoms with Gasteiger partial charge in [0.2, 0.25) is 0 Å². The van der Waals surface area contributed by atoms with Crippen LogP contribution < -0.4 is 31.9 Å². The second kappa shape index (κ2) is 40.8. The van der Waals surface area contributed by atoms with Crippen molar-refractivity contribution >= 4 is 0 Å². The molecule has 6 aliphatic heterocycles. The van der Waals surface area contributed by atoms with Gasteiger partial charge in [-0.15, -0.1) is 0 Å². The van der Waals surface area contributed by atoms with E-state index in [0.717, 1.165) is 116 Å². The van der Waals surface area contributed by atoms with Gasteiger partial charge in [0.05, 0.1) is 72.9 Å². The van der Waals surface area contributed by atoms with Crippen LogP contribution in [0, 0.1) is 0 Å². The highest BCUT2D eigenvalue weighted by atomic mass is 16.8. The van der Waals surface area contributed by atoms with Gasteiger partial charge in [-0.2, -0.15) is 0 Å². The lowest BCUT2D eigenvalue weighted by Crippen LogP contribution is -2.71. The number of rotatable bonds is 40. The molecule has 0 unspecified atom stereocenters. The number of hydrogen-bond donors (Lipinski definition) is 14. The molecule has 25 nitrogen and oxygen atoms in total. The Bertz CT molecular complexity index is 1940. The fourth-order valence-corrected chi connectivity index (χ4v) is 13.8. The minimum Gasteiger partial charge on any atom is -0.388 e. The van der Waals surface area contributed by atoms with Gasteiger partial charge in [-0.3, -0.25) is 0 Å². The van der Waals surface area contributed by atoms with E-state index >= 15 is 0 Å². The Morgan fingerprint density at radius 3 is 0.802 bits per heavy atom. The van der Waals surface area contributed by atoms with Crippen LogP contribution in [0.25, 0.3) is 0 Å². The van der Waals surface area contributed by atoms with E-state index in [1.807, 2.05) is 13.8 Å². The van der Waals surface area contributed by atoms with Crippen LogP contribution in [0.5, 0.6) is 0 Å². The van der Waals surface area contributed by atoms with Gasteiger partial charge < -0.3 is 125 Å². The van der Waals surface area contributed by atoms with E-state index in [1.165, 1.54) is 0 Å². The Morgan fingerprint density at radius 2 is 0.473 bits per heavy atom. The van der Waals surface area contributed by atoms with Gasteiger partial charge in [-0.25, -0.2) is 0 Å². The van der Waals surface area contributed by atoms with Crippen LogP contribution in [0.1, 0.15) is 199 Å². The summed E-state index contributed by atoms with van der Waals surface area (Å²) in [6.07, 6.45) is -12.8. The van der Waals surface area contributed by atoms with E-state index in [-0.39, 0.29) is 0 Å². The Balaban J connectivity index is 1.35. The van der Waals surface area contributed by atoms with Gasteiger partial charge >= 0.3 is 0 Å². The van der Waals surface area contributed by atoms with Gasteiger partial charge in [-0.05, 0) is 119 Å². The van der Waals surface area contributed by atoms with Crippen molar-refractivity contribution in [3.8, 4) is 0 Å². The van der Waals surface area contributed by atoms with E-state index in [0.29, 0.717) is 39.3 Å². The fraction of sp³-hybridized carbons (Fsp3) is 1.00. The second-order valence-corrected chi connectivity index (χ2v) is 26.8. The van der Waals surface area contributed by atoms with Gasteiger partial charge in [0.25, 0.3) is 0 Å². The molecule has 0 aromatic carbocycles. The summed E-state index contributed by atoms with van der Waals surface area (Å²) in [6.45, 7) is 26.9. The Labute approximate surface area is 544 Å². The topological polar surface area (TPSA) is 336 Å². The average Bonchev–Trinajstić information content (AvgIpc) is 1.26. The van der Waals surface area contributed by atoms with Gasteiger partial charge in [0.1, 0.15) is 73.2 Å². The molecule has 0 aromatic rings. The average molecular weight is 1310 g/mol. The molecule has 91 heavy (non-hydrogen) atoms. The monoisotopic (exact) mass is 1310 g/mol. The van der Waals surface area contributed by atoms with Crippen LogP contribution in [0.3, 0.4) is 0 Å². The Morgan fingerprint density at radius 1 is 0.242 bits per heavy atom. The van der Waals surface area contributed by atoms with Crippen LogP contribution in [0.2, 0.25) is 0 Å². The molecular weight excluding hydrogens is 1180 g/mol. The predicted molar refractivity (Wildman–Crippen MR) is 343 cm³/mol. The van der Waals surface area contributed by atoms with Crippen LogP contribution in [-0.2, 0) is 52.1 Å².